The van der Waals surface area contributed by atoms with Crippen molar-refractivity contribution < 1.29 is 6.22 Å². The largest absolute Gasteiger partial charge is 0.397 e. The summed E-state index contributed by atoms with van der Waals surface area (Å²) >= 11 is 0. The van der Waals surface area contributed by atoms with E-state index >= 15 is 0 Å². The topological polar surface area (TPSA) is 60.9 Å². The summed E-state index contributed by atoms with van der Waals surface area (Å²) in [5, 5.41) is 4.03. The second-order valence-corrected chi connectivity index (χ2v) is 3.88. The number of hydrogen-bond acceptors (Lipinski definition) is 3. The molecule has 0 amide bonds. The van der Waals surface area contributed by atoms with Gasteiger partial charge >= 0.3 is 0 Å². The number of carbonyl (C=O) groups excluding carboxylic acids is 1. The Morgan fingerprint density at radius 3 is 2.53 bits per heavy atom. The lowest BCUT2D eigenvalue weighted by molar-refractivity contribution is -0.113. The molecule has 2 N–H and O–H groups in total. The number of ketones is 1. The summed E-state index contributed by atoms with van der Waals surface area (Å²) in [6.45, 7) is 5.46. The normalized spacial score (nSPS) is 12.9. The van der Waals surface area contributed by atoms with Crippen molar-refractivity contribution in [2.24, 2.45) is 18.7 Å². The van der Waals surface area contributed by atoms with E-state index < -0.39 is 0 Å². The van der Waals surface area contributed by atoms with E-state index in [-0.39, 0.29) is 13.1 Å². The highest BCUT2D eigenvalue weighted by Gasteiger charge is 2.16. The minimum absolute atomic E-state index is 0. The first-order valence-electron chi connectivity index (χ1n) is 4.94. The van der Waals surface area contributed by atoms with Gasteiger partial charge in [0.1, 0.15) is 0 Å². The maximum Gasteiger partial charge on any atom is 0.158 e. The maximum absolute atomic E-state index is 11.5. The SMILES string of the molecule is CC(=O)/C(=C(\N)c1ccnn1C)C(C)C.[HH]. The molecule has 1 aromatic rings. The zero-order chi connectivity index (χ0) is 11.6. The van der Waals surface area contributed by atoms with Crippen LogP contribution in [0.15, 0.2) is 17.8 Å². The predicted molar refractivity (Wildman–Crippen MR) is 61.9 cm³/mol. The smallest absolute Gasteiger partial charge is 0.158 e. The molecule has 0 aliphatic rings. The predicted octanol–water partition coefficient (Wildman–Crippen LogP) is 1.58. The van der Waals surface area contributed by atoms with Crippen LogP contribution in [0.3, 0.4) is 0 Å². The summed E-state index contributed by atoms with van der Waals surface area (Å²) in [7, 11) is 1.81. The Kier molecular flexibility index (Phi) is 3.29. The molecule has 0 aliphatic heterocycles. The summed E-state index contributed by atoms with van der Waals surface area (Å²) in [6.07, 6.45) is 1.67. The fourth-order valence-corrected chi connectivity index (χ4v) is 1.68. The van der Waals surface area contributed by atoms with Gasteiger partial charge in [-0.2, -0.15) is 5.10 Å². The maximum atomic E-state index is 11.5. The summed E-state index contributed by atoms with van der Waals surface area (Å²) in [6, 6.07) is 1.81. The molecule has 4 heteroatoms. The summed E-state index contributed by atoms with van der Waals surface area (Å²) in [4.78, 5) is 11.5. The monoisotopic (exact) mass is 209 g/mol. The van der Waals surface area contributed by atoms with Crippen molar-refractivity contribution in [3.63, 3.8) is 0 Å². The summed E-state index contributed by atoms with van der Waals surface area (Å²) in [5.74, 6) is 0.140. The molecule has 15 heavy (non-hydrogen) atoms. The molecule has 1 aromatic heterocycles. The Bertz CT molecular complexity index is 407. The lowest BCUT2D eigenvalue weighted by Crippen LogP contribution is -2.14. The molecule has 0 aliphatic carbocycles. The third kappa shape index (κ3) is 2.26. The van der Waals surface area contributed by atoms with Crippen LogP contribution in [-0.2, 0) is 11.8 Å². The molecule has 0 atom stereocenters. The summed E-state index contributed by atoms with van der Waals surface area (Å²) < 4.78 is 1.67. The molecular weight excluding hydrogens is 190 g/mol. The van der Waals surface area contributed by atoms with Gasteiger partial charge in [-0.3, -0.25) is 9.48 Å². The van der Waals surface area contributed by atoms with E-state index in [1.807, 2.05) is 13.8 Å². The molecule has 0 unspecified atom stereocenters. The highest BCUT2D eigenvalue weighted by atomic mass is 16.1. The Labute approximate surface area is 91.3 Å². The molecule has 0 aromatic carbocycles. The lowest BCUT2D eigenvalue weighted by Gasteiger charge is -2.12. The molecule has 0 bridgehead atoms. The van der Waals surface area contributed by atoms with Crippen molar-refractivity contribution >= 4 is 11.5 Å². The van der Waals surface area contributed by atoms with Crippen molar-refractivity contribution in [1.29, 1.82) is 0 Å². The zero-order valence-corrected chi connectivity index (χ0v) is 9.61. The van der Waals surface area contributed by atoms with Gasteiger partial charge in [0.25, 0.3) is 0 Å². The number of carbonyl (C=O) groups is 1. The number of rotatable bonds is 3. The first-order valence-corrected chi connectivity index (χ1v) is 4.94. The lowest BCUT2D eigenvalue weighted by atomic mass is 9.96. The van der Waals surface area contributed by atoms with E-state index in [1.165, 1.54) is 0 Å². The molecule has 4 nitrogen and oxygen atoms in total. The van der Waals surface area contributed by atoms with Crippen LogP contribution >= 0.6 is 0 Å². The molecular formula is C11H19N3O. The van der Waals surface area contributed by atoms with Crippen LogP contribution in [0, 0.1) is 5.92 Å². The van der Waals surface area contributed by atoms with Crippen LogP contribution in [0.2, 0.25) is 0 Å². The van der Waals surface area contributed by atoms with Crippen molar-refractivity contribution in [3.05, 3.63) is 23.5 Å². The summed E-state index contributed by atoms with van der Waals surface area (Å²) in [5.41, 5.74) is 7.96. The molecule has 0 radical (unpaired) electrons. The quantitative estimate of drug-likeness (QED) is 0.769. The van der Waals surface area contributed by atoms with Gasteiger partial charge in [-0.05, 0) is 18.9 Å². The number of Topliss-reactive ketones (excluding diaryl/α,β-unsaturated/α-hetero) is 1. The molecule has 0 fully saturated rings. The minimum atomic E-state index is 0. The van der Waals surface area contributed by atoms with E-state index in [0.29, 0.717) is 11.3 Å². The van der Waals surface area contributed by atoms with E-state index in [9.17, 15) is 4.79 Å². The van der Waals surface area contributed by atoms with Crippen molar-refractivity contribution in [3.8, 4) is 0 Å². The van der Waals surface area contributed by atoms with E-state index in [1.54, 1.807) is 30.9 Å². The first-order chi connectivity index (χ1) is 6.95. The fourth-order valence-electron chi connectivity index (χ4n) is 1.68. The van der Waals surface area contributed by atoms with Gasteiger partial charge in [-0.15, -0.1) is 0 Å². The van der Waals surface area contributed by atoms with Crippen molar-refractivity contribution in [2.45, 2.75) is 20.8 Å². The number of aromatic nitrogens is 2. The van der Waals surface area contributed by atoms with E-state index in [2.05, 4.69) is 5.10 Å². The van der Waals surface area contributed by atoms with E-state index in [4.69, 9.17) is 5.73 Å². The van der Waals surface area contributed by atoms with Gasteiger partial charge in [0.15, 0.2) is 5.78 Å². The highest BCUT2D eigenvalue weighted by molar-refractivity contribution is 6.00. The third-order valence-electron chi connectivity index (χ3n) is 2.34. The minimum Gasteiger partial charge on any atom is -0.397 e. The number of aryl methyl sites for hydroxylation is 1. The Morgan fingerprint density at radius 2 is 2.20 bits per heavy atom. The molecule has 84 valence electrons. The average molecular weight is 209 g/mol. The number of nitrogens with zero attached hydrogens (tertiary/aromatic N) is 2. The van der Waals surface area contributed by atoms with Gasteiger partial charge in [-0.25, -0.2) is 0 Å². The van der Waals surface area contributed by atoms with Gasteiger partial charge in [-0.1, -0.05) is 13.8 Å². The van der Waals surface area contributed by atoms with E-state index in [0.717, 1.165) is 5.69 Å². The van der Waals surface area contributed by atoms with Crippen LogP contribution in [-0.4, -0.2) is 15.6 Å². The Morgan fingerprint density at radius 1 is 1.60 bits per heavy atom. The first kappa shape index (κ1) is 11.5. The van der Waals surface area contributed by atoms with Crippen LogP contribution in [0.5, 0.6) is 0 Å². The third-order valence-corrected chi connectivity index (χ3v) is 2.34. The van der Waals surface area contributed by atoms with Crippen molar-refractivity contribution in [2.75, 3.05) is 0 Å². The van der Waals surface area contributed by atoms with Crippen LogP contribution in [0.1, 0.15) is 27.9 Å². The van der Waals surface area contributed by atoms with Gasteiger partial charge < -0.3 is 5.73 Å². The molecule has 1 heterocycles. The van der Waals surface area contributed by atoms with Gasteiger partial charge in [0.05, 0.1) is 11.4 Å². The Balaban J connectivity index is 0.00000225. The molecule has 0 saturated heterocycles. The zero-order valence-electron chi connectivity index (χ0n) is 9.61. The number of nitrogens with two attached hydrogens (primary N) is 1. The highest BCUT2D eigenvalue weighted by Crippen LogP contribution is 2.19. The van der Waals surface area contributed by atoms with Gasteiger partial charge in [0, 0.05) is 20.2 Å². The average Bonchev–Trinajstić information content (AvgIpc) is 2.49. The van der Waals surface area contributed by atoms with Crippen LogP contribution in [0.25, 0.3) is 5.70 Å². The second-order valence-electron chi connectivity index (χ2n) is 3.88. The number of hydrogen-bond donors (Lipinski definition) is 1. The van der Waals surface area contributed by atoms with Crippen molar-refractivity contribution in [1.82, 2.24) is 9.78 Å². The molecule has 0 spiro atoms. The molecule has 1 rings (SSSR count). The molecule has 0 saturated carbocycles. The Hall–Kier alpha value is -1.58. The fraction of sp³-hybridized carbons (Fsp3) is 0.455. The van der Waals surface area contributed by atoms with Gasteiger partial charge in [0.2, 0.25) is 0 Å². The standard InChI is InChI=1S/C11H17N3O.H2/c1-7(2)10(8(3)15)11(12)9-5-6-13-14(9)4;/h5-7H,12H2,1-4H3;1H/b11-10-;. The second kappa shape index (κ2) is 4.29. The van der Waals surface area contributed by atoms with Crippen LogP contribution in [0.4, 0.5) is 0 Å². The number of allylic oxidation sites excluding steroid dienone is 1. The van der Waals surface area contributed by atoms with Crippen LogP contribution < -0.4 is 5.73 Å².